The van der Waals surface area contributed by atoms with Crippen LogP contribution in [0.2, 0.25) is 0 Å². The fourth-order valence-electron chi connectivity index (χ4n) is 2.53. The van der Waals surface area contributed by atoms with E-state index in [0.29, 0.717) is 9.23 Å². The minimum Gasteiger partial charge on any atom is -0.496 e. The number of aromatic nitrogens is 1. The SMILES string of the molecule is COc1ccccc1/C=C1\SC(=S)N(n2c(C)ccc2C)C1=O. The van der Waals surface area contributed by atoms with Crippen molar-refractivity contribution in [1.82, 2.24) is 4.68 Å². The van der Waals surface area contributed by atoms with E-state index >= 15 is 0 Å². The zero-order valence-corrected chi connectivity index (χ0v) is 14.7. The van der Waals surface area contributed by atoms with E-state index in [4.69, 9.17) is 17.0 Å². The van der Waals surface area contributed by atoms with Gasteiger partial charge < -0.3 is 4.74 Å². The van der Waals surface area contributed by atoms with Gasteiger partial charge in [0.1, 0.15) is 5.75 Å². The molecule has 0 unspecified atom stereocenters. The van der Waals surface area contributed by atoms with E-state index in [1.54, 1.807) is 12.1 Å². The Kier molecular flexibility index (Phi) is 4.28. The molecular formula is C17H16N2O2S2. The van der Waals surface area contributed by atoms with Gasteiger partial charge in [-0.05, 0) is 50.3 Å². The minimum absolute atomic E-state index is 0.117. The molecule has 1 aromatic carbocycles. The molecule has 1 aliphatic rings. The molecule has 0 radical (unpaired) electrons. The number of methoxy groups -OCH3 is 1. The van der Waals surface area contributed by atoms with Gasteiger partial charge in [0.05, 0.1) is 12.0 Å². The first-order chi connectivity index (χ1) is 11.0. The number of carbonyl (C=O) groups is 1. The maximum Gasteiger partial charge on any atom is 0.285 e. The average Bonchev–Trinajstić information content (AvgIpc) is 3.00. The van der Waals surface area contributed by atoms with Crippen LogP contribution < -0.4 is 9.75 Å². The van der Waals surface area contributed by atoms with Crippen LogP contribution in [0.4, 0.5) is 0 Å². The summed E-state index contributed by atoms with van der Waals surface area (Å²) in [5.41, 5.74) is 2.80. The zero-order chi connectivity index (χ0) is 16.6. The van der Waals surface area contributed by atoms with Gasteiger partial charge in [-0.15, -0.1) is 0 Å². The Morgan fingerprint density at radius 1 is 1.13 bits per heavy atom. The van der Waals surface area contributed by atoms with Crippen molar-refractivity contribution in [3.8, 4) is 5.75 Å². The Labute approximate surface area is 144 Å². The number of carbonyl (C=O) groups excluding carboxylic acids is 1. The highest BCUT2D eigenvalue weighted by molar-refractivity contribution is 8.27. The first-order valence-electron chi connectivity index (χ1n) is 7.09. The van der Waals surface area contributed by atoms with E-state index in [1.165, 1.54) is 11.8 Å². The van der Waals surface area contributed by atoms with Crippen LogP contribution in [0.3, 0.4) is 0 Å². The van der Waals surface area contributed by atoms with E-state index in [1.807, 2.05) is 61.0 Å². The standard InChI is InChI=1S/C17H16N2O2S2/c1-11-8-9-12(2)18(11)19-16(20)15(23-17(19)22)10-13-6-4-5-7-14(13)21-3/h4-10H,1-3H3/b15-10-. The number of nitrogens with zero attached hydrogens (tertiary/aromatic N) is 2. The molecule has 1 aliphatic heterocycles. The van der Waals surface area contributed by atoms with Crippen molar-refractivity contribution in [2.24, 2.45) is 0 Å². The predicted molar refractivity (Wildman–Crippen MR) is 98.3 cm³/mol. The number of amides is 1. The summed E-state index contributed by atoms with van der Waals surface area (Å²) in [6.45, 7) is 3.91. The molecule has 0 atom stereocenters. The van der Waals surface area contributed by atoms with Crippen molar-refractivity contribution in [2.75, 3.05) is 12.1 Å². The second-order valence-corrected chi connectivity index (χ2v) is 6.84. The van der Waals surface area contributed by atoms with Gasteiger partial charge in [0.15, 0.2) is 4.32 Å². The fourth-order valence-corrected chi connectivity index (χ4v) is 3.77. The summed E-state index contributed by atoms with van der Waals surface area (Å²) in [5, 5.41) is 1.55. The van der Waals surface area contributed by atoms with Gasteiger partial charge in [-0.3, -0.25) is 9.47 Å². The van der Waals surface area contributed by atoms with Crippen LogP contribution in [0.1, 0.15) is 17.0 Å². The van der Waals surface area contributed by atoms with Gasteiger partial charge in [-0.1, -0.05) is 30.0 Å². The Morgan fingerprint density at radius 3 is 2.43 bits per heavy atom. The molecule has 1 amide bonds. The molecule has 0 N–H and O–H groups in total. The number of hydrogen-bond acceptors (Lipinski definition) is 4. The van der Waals surface area contributed by atoms with Crippen molar-refractivity contribution < 1.29 is 9.53 Å². The molecule has 3 rings (SSSR count). The summed E-state index contributed by atoms with van der Waals surface area (Å²) < 4.78 is 7.71. The molecule has 1 aromatic heterocycles. The number of benzene rings is 1. The van der Waals surface area contributed by atoms with E-state index in [0.717, 1.165) is 22.7 Å². The number of thiocarbonyl (C=S) groups is 1. The van der Waals surface area contributed by atoms with Gasteiger partial charge in [-0.2, -0.15) is 5.01 Å². The van der Waals surface area contributed by atoms with E-state index in [9.17, 15) is 4.79 Å². The molecule has 2 heterocycles. The van der Waals surface area contributed by atoms with Crippen molar-refractivity contribution in [1.29, 1.82) is 0 Å². The Hall–Kier alpha value is -2.05. The number of para-hydroxylation sites is 1. The van der Waals surface area contributed by atoms with Gasteiger partial charge in [0, 0.05) is 17.0 Å². The van der Waals surface area contributed by atoms with E-state index in [-0.39, 0.29) is 5.91 Å². The maximum atomic E-state index is 12.8. The fraction of sp³-hybridized carbons (Fsp3) is 0.176. The van der Waals surface area contributed by atoms with Gasteiger partial charge in [0.25, 0.3) is 5.91 Å². The maximum absolute atomic E-state index is 12.8. The second kappa shape index (κ2) is 6.22. The van der Waals surface area contributed by atoms with E-state index in [2.05, 4.69) is 0 Å². The topological polar surface area (TPSA) is 34.5 Å². The van der Waals surface area contributed by atoms with Crippen LogP contribution in [-0.2, 0) is 4.79 Å². The normalized spacial score (nSPS) is 16.5. The molecule has 6 heteroatoms. The first kappa shape index (κ1) is 15.8. The highest BCUT2D eigenvalue weighted by Crippen LogP contribution is 2.34. The Morgan fingerprint density at radius 2 is 1.78 bits per heavy atom. The summed E-state index contributed by atoms with van der Waals surface area (Å²) in [4.78, 5) is 13.4. The van der Waals surface area contributed by atoms with Crippen molar-refractivity contribution in [3.63, 3.8) is 0 Å². The lowest BCUT2D eigenvalue weighted by Crippen LogP contribution is -2.39. The second-order valence-electron chi connectivity index (χ2n) is 5.16. The number of thioether (sulfide) groups is 1. The third-order valence-electron chi connectivity index (χ3n) is 3.63. The lowest BCUT2D eigenvalue weighted by atomic mass is 10.2. The van der Waals surface area contributed by atoms with Crippen LogP contribution in [-0.4, -0.2) is 22.0 Å². The quantitative estimate of drug-likeness (QED) is 0.629. The van der Waals surface area contributed by atoms with Crippen LogP contribution in [0.5, 0.6) is 5.75 Å². The smallest absolute Gasteiger partial charge is 0.285 e. The lowest BCUT2D eigenvalue weighted by Gasteiger charge is -2.20. The lowest BCUT2D eigenvalue weighted by molar-refractivity contribution is -0.114. The van der Waals surface area contributed by atoms with Crippen molar-refractivity contribution >= 4 is 40.3 Å². The predicted octanol–water partition coefficient (Wildman–Crippen LogP) is 3.65. The van der Waals surface area contributed by atoms with Crippen LogP contribution in [0.15, 0.2) is 41.3 Å². The number of ether oxygens (including phenoxy) is 1. The van der Waals surface area contributed by atoms with Crippen molar-refractivity contribution in [3.05, 3.63) is 58.3 Å². The Bertz CT molecular complexity index is 804. The largest absolute Gasteiger partial charge is 0.496 e. The van der Waals surface area contributed by atoms with E-state index < -0.39 is 0 Å². The van der Waals surface area contributed by atoms with Crippen LogP contribution in [0, 0.1) is 13.8 Å². The van der Waals surface area contributed by atoms with Crippen LogP contribution >= 0.6 is 24.0 Å². The molecule has 0 aliphatic carbocycles. The molecule has 0 bridgehead atoms. The minimum atomic E-state index is -0.117. The first-order valence-corrected chi connectivity index (χ1v) is 8.31. The average molecular weight is 344 g/mol. The third-order valence-corrected chi connectivity index (χ3v) is 4.92. The molecule has 118 valence electrons. The molecule has 1 fully saturated rings. The monoisotopic (exact) mass is 344 g/mol. The third kappa shape index (κ3) is 2.80. The summed E-state index contributed by atoms with van der Waals surface area (Å²) in [5.74, 6) is 0.611. The molecular weight excluding hydrogens is 328 g/mol. The molecule has 2 aromatic rings. The summed E-state index contributed by atoms with van der Waals surface area (Å²) in [7, 11) is 1.62. The summed E-state index contributed by atoms with van der Waals surface area (Å²) >= 11 is 6.72. The molecule has 1 saturated heterocycles. The molecule has 0 saturated carbocycles. The molecule has 4 nitrogen and oxygen atoms in total. The number of rotatable bonds is 3. The molecule has 0 spiro atoms. The highest BCUT2D eigenvalue weighted by Gasteiger charge is 2.34. The van der Waals surface area contributed by atoms with Gasteiger partial charge in [-0.25, -0.2) is 0 Å². The zero-order valence-electron chi connectivity index (χ0n) is 13.1. The summed E-state index contributed by atoms with van der Waals surface area (Å²) in [6, 6.07) is 11.5. The van der Waals surface area contributed by atoms with Gasteiger partial charge in [0.2, 0.25) is 0 Å². The number of aryl methyl sites for hydroxylation is 2. The summed E-state index contributed by atoms with van der Waals surface area (Å²) in [6.07, 6.45) is 1.83. The van der Waals surface area contributed by atoms with Crippen LogP contribution in [0.25, 0.3) is 6.08 Å². The van der Waals surface area contributed by atoms with Crippen molar-refractivity contribution in [2.45, 2.75) is 13.8 Å². The van der Waals surface area contributed by atoms with Gasteiger partial charge >= 0.3 is 0 Å². The molecule has 23 heavy (non-hydrogen) atoms. The highest BCUT2D eigenvalue weighted by atomic mass is 32.2. The Balaban J connectivity index is 2.00. The number of hydrogen-bond donors (Lipinski definition) is 0.